The zero-order valence-electron chi connectivity index (χ0n) is 20.2. The van der Waals surface area contributed by atoms with Crippen molar-refractivity contribution in [3.63, 3.8) is 0 Å². The predicted molar refractivity (Wildman–Crippen MR) is 153 cm³/mol. The Bertz CT molecular complexity index is 1440. The standard InChI is InChI=1S/C30H25ClN2O2S2/c1-36-24-13-8-21(9-14-24)19-33-26-18-22(29(34)32-17-16-20-6-11-23(31)12-7-20)10-15-28(26)37-27-5-3-2-4-25(27)30(33)35/h2-15,18H,16-17,19H2,1H3,(H,32,34). The molecule has 1 aliphatic heterocycles. The van der Waals surface area contributed by atoms with Crippen LogP contribution in [0.3, 0.4) is 0 Å². The lowest BCUT2D eigenvalue weighted by Gasteiger charge is -2.24. The molecule has 4 nitrogen and oxygen atoms in total. The maximum absolute atomic E-state index is 13.8. The van der Waals surface area contributed by atoms with E-state index in [0.29, 0.717) is 35.7 Å². The van der Waals surface area contributed by atoms with Crippen LogP contribution >= 0.6 is 35.1 Å². The summed E-state index contributed by atoms with van der Waals surface area (Å²) in [7, 11) is 0. The van der Waals surface area contributed by atoms with Crippen LogP contribution in [-0.4, -0.2) is 24.6 Å². The van der Waals surface area contributed by atoms with Crippen LogP contribution in [0.4, 0.5) is 5.69 Å². The van der Waals surface area contributed by atoms with Crippen molar-refractivity contribution in [2.24, 2.45) is 0 Å². The van der Waals surface area contributed by atoms with Crippen LogP contribution in [0.2, 0.25) is 5.02 Å². The van der Waals surface area contributed by atoms with Crippen molar-refractivity contribution < 1.29 is 9.59 Å². The van der Waals surface area contributed by atoms with E-state index in [1.54, 1.807) is 28.4 Å². The van der Waals surface area contributed by atoms with Crippen LogP contribution in [0.1, 0.15) is 31.8 Å². The number of benzene rings is 4. The van der Waals surface area contributed by atoms with Crippen molar-refractivity contribution in [3.05, 3.63) is 118 Å². The summed E-state index contributed by atoms with van der Waals surface area (Å²) in [5.41, 5.74) is 4.06. The fourth-order valence-electron chi connectivity index (χ4n) is 4.21. The molecule has 0 saturated carbocycles. The number of carbonyl (C=O) groups excluding carboxylic acids is 2. The number of carbonyl (C=O) groups is 2. The van der Waals surface area contributed by atoms with Gasteiger partial charge in [0.1, 0.15) is 0 Å². The fourth-order valence-corrected chi connectivity index (χ4v) is 5.80. The third kappa shape index (κ3) is 5.87. The number of anilines is 1. The first-order valence-electron chi connectivity index (χ1n) is 11.9. The molecule has 1 N–H and O–H groups in total. The molecule has 37 heavy (non-hydrogen) atoms. The number of rotatable bonds is 7. The number of thioether (sulfide) groups is 1. The molecule has 0 aliphatic carbocycles. The lowest BCUT2D eigenvalue weighted by Crippen LogP contribution is -2.31. The number of hydrogen-bond donors (Lipinski definition) is 1. The molecule has 0 spiro atoms. The molecule has 0 atom stereocenters. The molecule has 1 heterocycles. The van der Waals surface area contributed by atoms with Gasteiger partial charge in [-0.15, -0.1) is 11.8 Å². The second-order valence-electron chi connectivity index (χ2n) is 8.65. The minimum absolute atomic E-state index is 0.0731. The van der Waals surface area contributed by atoms with Gasteiger partial charge >= 0.3 is 0 Å². The Labute approximate surface area is 230 Å². The highest BCUT2D eigenvalue weighted by molar-refractivity contribution is 7.99. The molecule has 0 bridgehead atoms. The quantitative estimate of drug-likeness (QED) is 0.247. The normalized spacial score (nSPS) is 12.5. The van der Waals surface area contributed by atoms with E-state index >= 15 is 0 Å². The molecule has 4 aromatic rings. The van der Waals surface area contributed by atoms with E-state index in [2.05, 4.69) is 29.6 Å². The third-order valence-electron chi connectivity index (χ3n) is 6.21. The molecule has 0 fully saturated rings. The lowest BCUT2D eigenvalue weighted by atomic mass is 10.1. The van der Waals surface area contributed by atoms with Crippen LogP contribution in [0.5, 0.6) is 0 Å². The second-order valence-corrected chi connectivity index (χ2v) is 11.1. The monoisotopic (exact) mass is 544 g/mol. The van der Waals surface area contributed by atoms with Gasteiger partial charge in [0.15, 0.2) is 0 Å². The molecular weight excluding hydrogens is 520 g/mol. The molecule has 186 valence electrons. The van der Waals surface area contributed by atoms with Crippen molar-refractivity contribution in [2.75, 3.05) is 17.7 Å². The number of hydrogen-bond acceptors (Lipinski definition) is 4. The summed E-state index contributed by atoms with van der Waals surface area (Å²) in [4.78, 5) is 31.6. The van der Waals surface area contributed by atoms with Crippen molar-refractivity contribution in [3.8, 4) is 0 Å². The van der Waals surface area contributed by atoms with Crippen LogP contribution in [0, 0.1) is 0 Å². The minimum atomic E-state index is -0.166. The molecule has 5 rings (SSSR count). The van der Waals surface area contributed by atoms with Gasteiger partial charge in [0.05, 0.1) is 17.8 Å². The summed E-state index contributed by atoms with van der Waals surface area (Å²) in [6.07, 6.45) is 2.75. The van der Waals surface area contributed by atoms with Crippen LogP contribution < -0.4 is 10.2 Å². The average molecular weight is 545 g/mol. The molecule has 4 aromatic carbocycles. The summed E-state index contributed by atoms with van der Waals surface area (Å²) < 4.78 is 0. The van der Waals surface area contributed by atoms with Gasteiger partial charge in [-0.2, -0.15) is 0 Å². The minimum Gasteiger partial charge on any atom is -0.352 e. The molecule has 1 aliphatic rings. The highest BCUT2D eigenvalue weighted by atomic mass is 35.5. The van der Waals surface area contributed by atoms with Crippen molar-refractivity contribution in [2.45, 2.75) is 27.7 Å². The van der Waals surface area contributed by atoms with Gasteiger partial charge < -0.3 is 10.2 Å². The largest absolute Gasteiger partial charge is 0.352 e. The van der Waals surface area contributed by atoms with Gasteiger partial charge in [0.25, 0.3) is 11.8 Å². The van der Waals surface area contributed by atoms with Gasteiger partial charge in [-0.3, -0.25) is 9.59 Å². The molecule has 0 radical (unpaired) electrons. The number of nitrogens with one attached hydrogen (secondary N) is 1. The molecule has 0 saturated heterocycles. The Morgan fingerprint density at radius 2 is 1.65 bits per heavy atom. The topological polar surface area (TPSA) is 49.4 Å². The second kappa shape index (κ2) is 11.5. The molecule has 0 unspecified atom stereocenters. The average Bonchev–Trinajstić information content (AvgIpc) is 3.04. The smallest absolute Gasteiger partial charge is 0.259 e. The molecule has 2 amide bonds. The predicted octanol–water partition coefficient (Wildman–Crippen LogP) is 7.35. The first kappa shape index (κ1) is 25.5. The molecule has 0 aromatic heterocycles. The first-order chi connectivity index (χ1) is 18.0. The van der Waals surface area contributed by atoms with E-state index in [-0.39, 0.29) is 11.8 Å². The Hall–Kier alpha value is -3.19. The summed E-state index contributed by atoms with van der Waals surface area (Å²) in [5, 5.41) is 3.70. The van der Waals surface area contributed by atoms with Crippen LogP contribution in [0.25, 0.3) is 0 Å². The SMILES string of the molecule is CSc1ccc(CN2C(=O)c3ccccc3Sc3ccc(C(=O)NCCc4ccc(Cl)cc4)cc32)cc1. The number of nitrogens with zero attached hydrogens (tertiary/aromatic N) is 1. The van der Waals surface area contributed by atoms with E-state index < -0.39 is 0 Å². The summed E-state index contributed by atoms with van der Waals surface area (Å²) in [5.74, 6) is -0.240. The third-order valence-corrected chi connectivity index (χ3v) is 8.34. The lowest BCUT2D eigenvalue weighted by molar-refractivity contribution is 0.0950. The van der Waals surface area contributed by atoms with E-state index in [1.165, 1.54) is 4.90 Å². The zero-order chi connectivity index (χ0) is 25.8. The van der Waals surface area contributed by atoms with Gasteiger partial charge in [-0.25, -0.2) is 0 Å². The molecular formula is C30H25ClN2O2S2. The molecule has 7 heteroatoms. The van der Waals surface area contributed by atoms with Gasteiger partial charge in [0.2, 0.25) is 0 Å². The van der Waals surface area contributed by atoms with Crippen LogP contribution in [-0.2, 0) is 13.0 Å². The number of amides is 2. The number of fused-ring (bicyclic) bond motifs is 2. The van der Waals surface area contributed by atoms with E-state index in [0.717, 1.165) is 26.6 Å². The van der Waals surface area contributed by atoms with Gasteiger partial charge in [-0.1, -0.05) is 59.8 Å². The van der Waals surface area contributed by atoms with E-state index in [1.807, 2.05) is 73.0 Å². The maximum atomic E-state index is 13.8. The maximum Gasteiger partial charge on any atom is 0.259 e. The fraction of sp³-hybridized carbons (Fsp3) is 0.133. The van der Waals surface area contributed by atoms with Crippen LogP contribution in [0.15, 0.2) is 106 Å². The van der Waals surface area contributed by atoms with E-state index in [4.69, 9.17) is 11.6 Å². The van der Waals surface area contributed by atoms with Gasteiger partial charge in [0, 0.05) is 31.8 Å². The van der Waals surface area contributed by atoms with Gasteiger partial charge in [-0.05, 0) is 78.4 Å². The number of halogens is 1. The van der Waals surface area contributed by atoms with Crippen molar-refractivity contribution in [1.29, 1.82) is 0 Å². The van der Waals surface area contributed by atoms with Crippen molar-refractivity contribution >= 4 is 52.6 Å². The summed E-state index contributed by atoms with van der Waals surface area (Å²) in [6, 6.07) is 29.1. The Morgan fingerprint density at radius 3 is 2.41 bits per heavy atom. The van der Waals surface area contributed by atoms with E-state index in [9.17, 15) is 9.59 Å². The van der Waals surface area contributed by atoms with Crippen molar-refractivity contribution in [1.82, 2.24) is 5.32 Å². The highest BCUT2D eigenvalue weighted by Gasteiger charge is 2.28. The highest BCUT2D eigenvalue weighted by Crippen LogP contribution is 2.42. The first-order valence-corrected chi connectivity index (χ1v) is 14.3. The Balaban J connectivity index is 1.42. The Kier molecular flexibility index (Phi) is 7.89. The Morgan fingerprint density at radius 1 is 0.919 bits per heavy atom. The zero-order valence-corrected chi connectivity index (χ0v) is 22.6. The summed E-state index contributed by atoms with van der Waals surface area (Å²) in [6.45, 7) is 0.916. The summed E-state index contributed by atoms with van der Waals surface area (Å²) >= 11 is 9.20.